The largest absolute Gasteiger partial charge is 0.481 e. The summed E-state index contributed by atoms with van der Waals surface area (Å²) in [5, 5.41) is 2.80. The number of benzene rings is 2. The lowest BCUT2D eigenvalue weighted by Gasteiger charge is -2.15. The monoisotopic (exact) mass is 348 g/mol. The van der Waals surface area contributed by atoms with Gasteiger partial charge in [-0.3, -0.25) is 4.79 Å². The molecule has 0 aliphatic heterocycles. The number of anilines is 1. The maximum absolute atomic E-state index is 12.1. The third-order valence-corrected chi connectivity index (χ3v) is 3.73. The molecule has 0 bridgehead atoms. The van der Waals surface area contributed by atoms with Crippen LogP contribution in [-0.4, -0.2) is 12.0 Å². The van der Waals surface area contributed by atoms with Crippen molar-refractivity contribution in [3.63, 3.8) is 0 Å². The van der Waals surface area contributed by atoms with E-state index in [-0.39, 0.29) is 5.91 Å². The number of hydrogen-bond acceptors (Lipinski definition) is 3. The molecule has 1 atom stereocenters. The van der Waals surface area contributed by atoms with E-state index in [4.69, 9.17) is 10.5 Å². The van der Waals surface area contributed by atoms with Crippen LogP contribution in [0.3, 0.4) is 0 Å². The van der Waals surface area contributed by atoms with Gasteiger partial charge >= 0.3 is 0 Å². The average molecular weight is 349 g/mol. The third-order valence-electron chi connectivity index (χ3n) is 2.96. The van der Waals surface area contributed by atoms with Crippen molar-refractivity contribution in [2.24, 2.45) is 5.73 Å². The molecule has 0 aliphatic carbocycles. The number of halogens is 1. The highest BCUT2D eigenvalue weighted by atomic mass is 79.9. The van der Waals surface area contributed by atoms with Crippen molar-refractivity contribution in [3.8, 4) is 5.75 Å². The first-order valence-corrected chi connectivity index (χ1v) is 7.40. The van der Waals surface area contributed by atoms with Gasteiger partial charge in [-0.05, 0) is 42.8 Å². The fourth-order valence-corrected chi connectivity index (χ4v) is 2.21. The third kappa shape index (κ3) is 4.31. The minimum absolute atomic E-state index is 0.196. The Morgan fingerprint density at radius 1 is 1.29 bits per heavy atom. The Balaban J connectivity index is 2.00. The zero-order chi connectivity index (χ0) is 15.2. The molecule has 0 heterocycles. The number of carbonyl (C=O) groups is 1. The van der Waals surface area contributed by atoms with Crippen LogP contribution in [0.15, 0.2) is 53.0 Å². The van der Waals surface area contributed by atoms with E-state index in [0.717, 1.165) is 15.7 Å². The van der Waals surface area contributed by atoms with Crippen LogP contribution in [0, 0.1) is 0 Å². The summed E-state index contributed by atoms with van der Waals surface area (Å²) in [6.45, 7) is 2.12. The van der Waals surface area contributed by atoms with Gasteiger partial charge in [0.1, 0.15) is 5.75 Å². The van der Waals surface area contributed by atoms with Gasteiger partial charge in [-0.25, -0.2) is 0 Å². The highest BCUT2D eigenvalue weighted by Gasteiger charge is 2.15. The number of carbonyl (C=O) groups excluding carboxylic acids is 1. The van der Waals surface area contributed by atoms with Crippen LogP contribution in [0.1, 0.15) is 12.5 Å². The van der Waals surface area contributed by atoms with E-state index < -0.39 is 6.10 Å². The molecule has 0 spiro atoms. The predicted molar refractivity (Wildman–Crippen MR) is 87.2 cm³/mol. The minimum atomic E-state index is -0.600. The summed E-state index contributed by atoms with van der Waals surface area (Å²) in [4.78, 5) is 12.1. The number of para-hydroxylation sites is 1. The SMILES string of the molecule is CC(Oc1ccc(Br)c(CN)c1)C(=O)Nc1ccccc1. The Bertz CT molecular complexity index is 617. The predicted octanol–water partition coefficient (Wildman–Crippen LogP) is 3.31. The molecule has 3 N–H and O–H groups in total. The molecule has 0 radical (unpaired) electrons. The Hall–Kier alpha value is -1.85. The molecule has 5 heteroatoms. The van der Waals surface area contributed by atoms with E-state index in [1.165, 1.54) is 0 Å². The summed E-state index contributed by atoms with van der Waals surface area (Å²) in [5.41, 5.74) is 7.33. The first-order valence-electron chi connectivity index (χ1n) is 6.61. The minimum Gasteiger partial charge on any atom is -0.481 e. The lowest BCUT2D eigenvalue weighted by atomic mass is 10.2. The van der Waals surface area contributed by atoms with Crippen LogP contribution in [0.2, 0.25) is 0 Å². The van der Waals surface area contributed by atoms with Gasteiger partial charge in [-0.1, -0.05) is 34.1 Å². The quantitative estimate of drug-likeness (QED) is 0.870. The molecule has 2 aromatic rings. The van der Waals surface area contributed by atoms with Crippen molar-refractivity contribution in [1.29, 1.82) is 0 Å². The molecular formula is C16H17BrN2O2. The first-order chi connectivity index (χ1) is 10.1. The van der Waals surface area contributed by atoms with E-state index in [2.05, 4.69) is 21.2 Å². The van der Waals surface area contributed by atoms with Crippen LogP contribution in [0.4, 0.5) is 5.69 Å². The molecule has 21 heavy (non-hydrogen) atoms. The van der Waals surface area contributed by atoms with Gasteiger partial charge in [0.15, 0.2) is 6.10 Å². The number of rotatable bonds is 5. The van der Waals surface area contributed by atoms with Crippen molar-refractivity contribution in [2.45, 2.75) is 19.6 Å². The van der Waals surface area contributed by atoms with Gasteiger partial charge in [-0.15, -0.1) is 0 Å². The molecule has 0 aliphatic rings. The van der Waals surface area contributed by atoms with Crippen molar-refractivity contribution in [1.82, 2.24) is 0 Å². The highest BCUT2D eigenvalue weighted by molar-refractivity contribution is 9.10. The molecule has 110 valence electrons. The number of ether oxygens (including phenoxy) is 1. The van der Waals surface area contributed by atoms with Crippen LogP contribution in [-0.2, 0) is 11.3 Å². The molecule has 1 unspecified atom stereocenters. The Kier molecular flexibility index (Phi) is 5.36. The van der Waals surface area contributed by atoms with E-state index in [0.29, 0.717) is 12.3 Å². The van der Waals surface area contributed by atoms with E-state index in [1.807, 2.05) is 42.5 Å². The van der Waals surface area contributed by atoms with Crippen LogP contribution >= 0.6 is 15.9 Å². The smallest absolute Gasteiger partial charge is 0.265 e. The van der Waals surface area contributed by atoms with Gasteiger partial charge in [0.05, 0.1) is 0 Å². The molecule has 0 aromatic heterocycles. The van der Waals surface area contributed by atoms with Gasteiger partial charge in [0, 0.05) is 16.7 Å². The standard InChI is InChI=1S/C16H17BrN2O2/c1-11(16(20)19-13-5-3-2-4-6-13)21-14-7-8-15(17)12(9-14)10-18/h2-9,11H,10,18H2,1H3,(H,19,20). The number of nitrogens with two attached hydrogens (primary N) is 1. The second kappa shape index (κ2) is 7.24. The molecular weight excluding hydrogens is 332 g/mol. The normalized spacial score (nSPS) is 11.8. The highest BCUT2D eigenvalue weighted by Crippen LogP contribution is 2.23. The van der Waals surface area contributed by atoms with Crippen LogP contribution < -0.4 is 15.8 Å². The van der Waals surface area contributed by atoms with Crippen LogP contribution in [0.25, 0.3) is 0 Å². The second-order valence-electron chi connectivity index (χ2n) is 4.57. The van der Waals surface area contributed by atoms with Crippen molar-refractivity contribution in [3.05, 3.63) is 58.6 Å². The molecule has 0 saturated heterocycles. The molecule has 1 amide bonds. The summed E-state index contributed by atoms with van der Waals surface area (Å²) in [6, 6.07) is 14.8. The maximum atomic E-state index is 12.1. The Morgan fingerprint density at radius 2 is 2.00 bits per heavy atom. The second-order valence-corrected chi connectivity index (χ2v) is 5.43. The summed E-state index contributed by atoms with van der Waals surface area (Å²) in [5.74, 6) is 0.424. The van der Waals surface area contributed by atoms with Gasteiger partial charge in [-0.2, -0.15) is 0 Å². The topological polar surface area (TPSA) is 64.3 Å². The van der Waals surface area contributed by atoms with Crippen LogP contribution in [0.5, 0.6) is 5.75 Å². The Morgan fingerprint density at radius 3 is 2.67 bits per heavy atom. The van der Waals surface area contributed by atoms with E-state index >= 15 is 0 Å². The van der Waals surface area contributed by atoms with Gasteiger partial charge < -0.3 is 15.8 Å². The molecule has 0 fully saturated rings. The summed E-state index contributed by atoms with van der Waals surface area (Å²) in [7, 11) is 0. The number of amides is 1. The molecule has 2 rings (SSSR count). The average Bonchev–Trinajstić information content (AvgIpc) is 2.50. The fourth-order valence-electron chi connectivity index (χ4n) is 1.80. The fraction of sp³-hybridized carbons (Fsp3) is 0.188. The summed E-state index contributed by atoms with van der Waals surface area (Å²) >= 11 is 3.42. The maximum Gasteiger partial charge on any atom is 0.265 e. The van der Waals surface area contributed by atoms with Crippen molar-refractivity contribution >= 4 is 27.5 Å². The zero-order valence-electron chi connectivity index (χ0n) is 11.7. The van der Waals surface area contributed by atoms with E-state index in [9.17, 15) is 4.79 Å². The molecule has 2 aromatic carbocycles. The Labute approximate surface area is 132 Å². The van der Waals surface area contributed by atoms with E-state index in [1.54, 1.807) is 13.0 Å². The van der Waals surface area contributed by atoms with Crippen molar-refractivity contribution in [2.75, 3.05) is 5.32 Å². The number of hydrogen-bond donors (Lipinski definition) is 2. The lowest BCUT2D eigenvalue weighted by Crippen LogP contribution is -2.30. The van der Waals surface area contributed by atoms with Crippen molar-refractivity contribution < 1.29 is 9.53 Å². The first kappa shape index (κ1) is 15.5. The van der Waals surface area contributed by atoms with Gasteiger partial charge in [0.2, 0.25) is 0 Å². The van der Waals surface area contributed by atoms with Gasteiger partial charge in [0.25, 0.3) is 5.91 Å². The lowest BCUT2D eigenvalue weighted by molar-refractivity contribution is -0.122. The molecule has 4 nitrogen and oxygen atoms in total. The summed E-state index contributed by atoms with van der Waals surface area (Å²) in [6.07, 6.45) is -0.600. The molecule has 0 saturated carbocycles. The number of nitrogens with one attached hydrogen (secondary N) is 1. The zero-order valence-corrected chi connectivity index (χ0v) is 13.3. The summed E-state index contributed by atoms with van der Waals surface area (Å²) < 4.78 is 6.59.